The van der Waals surface area contributed by atoms with Crippen molar-refractivity contribution in [1.29, 1.82) is 0 Å². The predicted molar refractivity (Wildman–Crippen MR) is 82.9 cm³/mol. The van der Waals surface area contributed by atoms with Gasteiger partial charge in [0.2, 0.25) is 0 Å². The van der Waals surface area contributed by atoms with Crippen LogP contribution >= 0.6 is 0 Å². The van der Waals surface area contributed by atoms with Gasteiger partial charge in [0.05, 0.1) is 12.7 Å². The Bertz CT molecular complexity index is 430. The largest absolute Gasteiger partial charge is 0.392 e. The molecule has 1 aromatic carbocycles. The van der Waals surface area contributed by atoms with Gasteiger partial charge in [-0.25, -0.2) is 4.79 Å². The first kappa shape index (κ1) is 17.5. The molecule has 0 saturated heterocycles. The second-order valence-corrected chi connectivity index (χ2v) is 5.50. The van der Waals surface area contributed by atoms with E-state index in [1.54, 1.807) is 18.9 Å². The molecule has 21 heavy (non-hydrogen) atoms. The van der Waals surface area contributed by atoms with Crippen molar-refractivity contribution < 1.29 is 14.6 Å². The summed E-state index contributed by atoms with van der Waals surface area (Å²) in [7, 11) is 1.66. The number of carbonyl (C=O) groups is 1. The number of hydrogen-bond donors (Lipinski definition) is 2. The molecule has 0 aliphatic rings. The van der Waals surface area contributed by atoms with Crippen molar-refractivity contribution in [2.24, 2.45) is 0 Å². The number of benzene rings is 1. The molecule has 1 aromatic rings. The predicted octanol–water partition coefficient (Wildman–Crippen LogP) is 2.13. The van der Waals surface area contributed by atoms with E-state index in [1.807, 2.05) is 38.1 Å². The van der Waals surface area contributed by atoms with Crippen LogP contribution in [0.2, 0.25) is 0 Å². The minimum atomic E-state index is -0.536. The van der Waals surface area contributed by atoms with Gasteiger partial charge >= 0.3 is 6.03 Å². The summed E-state index contributed by atoms with van der Waals surface area (Å²) in [5.41, 5.74) is 2.13. The molecule has 1 rings (SSSR count). The van der Waals surface area contributed by atoms with Gasteiger partial charge < -0.3 is 20.1 Å². The third-order valence-corrected chi connectivity index (χ3v) is 3.12. The van der Waals surface area contributed by atoms with E-state index in [2.05, 4.69) is 5.32 Å². The average Bonchev–Trinajstić information content (AvgIpc) is 2.43. The van der Waals surface area contributed by atoms with Crippen LogP contribution < -0.4 is 5.32 Å². The van der Waals surface area contributed by atoms with Crippen LogP contribution in [0.5, 0.6) is 0 Å². The van der Waals surface area contributed by atoms with Crippen LogP contribution in [-0.2, 0) is 17.9 Å². The normalized spacial score (nSPS) is 12.3. The summed E-state index contributed by atoms with van der Waals surface area (Å²) >= 11 is 0. The minimum absolute atomic E-state index is 0.0451. The Morgan fingerprint density at radius 1 is 1.24 bits per heavy atom. The Morgan fingerprint density at radius 2 is 1.81 bits per heavy atom. The monoisotopic (exact) mass is 294 g/mol. The van der Waals surface area contributed by atoms with Gasteiger partial charge in [-0.3, -0.25) is 0 Å². The maximum atomic E-state index is 12.1. The van der Waals surface area contributed by atoms with E-state index < -0.39 is 6.10 Å². The van der Waals surface area contributed by atoms with Crippen molar-refractivity contribution in [3.63, 3.8) is 0 Å². The van der Waals surface area contributed by atoms with Gasteiger partial charge in [0.1, 0.15) is 0 Å². The molecular formula is C16H26N2O3. The highest BCUT2D eigenvalue weighted by molar-refractivity contribution is 5.74. The number of nitrogens with one attached hydrogen (secondary N) is 1. The highest BCUT2D eigenvalue weighted by atomic mass is 16.5. The number of nitrogens with zero attached hydrogens (tertiary/aromatic N) is 1. The zero-order chi connectivity index (χ0) is 15.8. The Morgan fingerprint density at radius 3 is 2.29 bits per heavy atom. The zero-order valence-electron chi connectivity index (χ0n) is 13.3. The molecule has 0 heterocycles. The maximum Gasteiger partial charge on any atom is 0.317 e. The van der Waals surface area contributed by atoms with E-state index in [0.717, 1.165) is 11.1 Å². The number of methoxy groups -OCH3 is 1. The van der Waals surface area contributed by atoms with Gasteiger partial charge in [-0.2, -0.15) is 0 Å². The summed E-state index contributed by atoms with van der Waals surface area (Å²) in [5, 5.41) is 12.3. The third kappa shape index (κ3) is 6.14. The van der Waals surface area contributed by atoms with Crippen molar-refractivity contribution in [3.8, 4) is 0 Å². The molecule has 0 aliphatic carbocycles. The molecule has 118 valence electrons. The lowest BCUT2D eigenvalue weighted by atomic mass is 10.1. The second kappa shape index (κ2) is 8.64. The third-order valence-electron chi connectivity index (χ3n) is 3.12. The summed E-state index contributed by atoms with van der Waals surface area (Å²) in [6.45, 7) is 6.92. The first-order valence-electron chi connectivity index (χ1n) is 7.23. The first-order chi connectivity index (χ1) is 9.93. The lowest BCUT2D eigenvalue weighted by molar-refractivity contribution is 0.119. The number of ether oxygens (including phenoxy) is 1. The van der Waals surface area contributed by atoms with Gasteiger partial charge in [0.25, 0.3) is 0 Å². The maximum absolute atomic E-state index is 12.1. The molecule has 0 spiro atoms. The molecule has 0 bridgehead atoms. The number of aliphatic hydroxyl groups is 1. The number of amides is 2. The van der Waals surface area contributed by atoms with Crippen molar-refractivity contribution >= 4 is 6.03 Å². The molecule has 2 N–H and O–H groups in total. The van der Waals surface area contributed by atoms with Gasteiger partial charge in [-0.15, -0.1) is 0 Å². The standard InChI is InChI=1S/C16H26N2O3/c1-12(2)18(10-13(3)19)16(20)17-9-14-5-7-15(8-6-14)11-21-4/h5-8,12-13,19H,9-11H2,1-4H3,(H,17,20). The molecule has 0 aromatic heterocycles. The Balaban J connectivity index is 2.54. The molecule has 1 atom stereocenters. The van der Waals surface area contributed by atoms with Crippen LogP contribution in [0.25, 0.3) is 0 Å². The molecule has 5 heteroatoms. The summed E-state index contributed by atoms with van der Waals surface area (Å²) in [5.74, 6) is 0. The summed E-state index contributed by atoms with van der Waals surface area (Å²) in [6.07, 6.45) is -0.536. The van der Waals surface area contributed by atoms with E-state index in [-0.39, 0.29) is 12.1 Å². The van der Waals surface area contributed by atoms with Crippen LogP contribution in [0.4, 0.5) is 4.79 Å². The highest BCUT2D eigenvalue weighted by Crippen LogP contribution is 2.06. The van der Waals surface area contributed by atoms with Gasteiger partial charge in [-0.1, -0.05) is 24.3 Å². The molecule has 2 amide bonds. The summed E-state index contributed by atoms with van der Waals surface area (Å²) in [6, 6.07) is 7.81. The van der Waals surface area contributed by atoms with Crippen LogP contribution in [-0.4, -0.2) is 41.8 Å². The van der Waals surface area contributed by atoms with Crippen molar-refractivity contribution in [2.45, 2.75) is 46.1 Å². The number of hydrogen-bond acceptors (Lipinski definition) is 3. The lowest BCUT2D eigenvalue weighted by Gasteiger charge is -2.28. The molecule has 5 nitrogen and oxygen atoms in total. The van der Waals surface area contributed by atoms with Gasteiger partial charge in [0, 0.05) is 26.2 Å². The fraction of sp³-hybridized carbons (Fsp3) is 0.562. The highest BCUT2D eigenvalue weighted by Gasteiger charge is 2.18. The number of urea groups is 1. The molecule has 0 saturated carbocycles. The van der Waals surface area contributed by atoms with E-state index in [0.29, 0.717) is 19.7 Å². The van der Waals surface area contributed by atoms with Crippen molar-refractivity contribution in [2.75, 3.05) is 13.7 Å². The van der Waals surface area contributed by atoms with Crippen LogP contribution in [0, 0.1) is 0 Å². The summed E-state index contributed by atoms with van der Waals surface area (Å²) in [4.78, 5) is 13.8. The van der Waals surface area contributed by atoms with Crippen LogP contribution in [0.3, 0.4) is 0 Å². The smallest absolute Gasteiger partial charge is 0.317 e. The number of carbonyl (C=O) groups excluding carboxylic acids is 1. The molecule has 1 unspecified atom stereocenters. The lowest BCUT2D eigenvalue weighted by Crippen LogP contribution is -2.46. The first-order valence-corrected chi connectivity index (χ1v) is 7.23. The van der Waals surface area contributed by atoms with Gasteiger partial charge in [0.15, 0.2) is 0 Å². The summed E-state index contributed by atoms with van der Waals surface area (Å²) < 4.78 is 5.06. The Labute approximate surface area is 126 Å². The van der Waals surface area contributed by atoms with E-state index in [4.69, 9.17) is 4.74 Å². The quantitative estimate of drug-likeness (QED) is 0.810. The van der Waals surface area contributed by atoms with E-state index >= 15 is 0 Å². The topological polar surface area (TPSA) is 61.8 Å². The molecular weight excluding hydrogens is 268 g/mol. The van der Waals surface area contributed by atoms with E-state index in [9.17, 15) is 9.90 Å². The van der Waals surface area contributed by atoms with Gasteiger partial charge in [-0.05, 0) is 31.9 Å². The molecule has 0 radical (unpaired) electrons. The Kier molecular flexibility index (Phi) is 7.19. The van der Waals surface area contributed by atoms with Crippen molar-refractivity contribution in [3.05, 3.63) is 35.4 Å². The molecule has 0 aliphatic heterocycles. The number of aliphatic hydroxyl groups excluding tert-OH is 1. The Hall–Kier alpha value is -1.59. The van der Waals surface area contributed by atoms with Crippen molar-refractivity contribution in [1.82, 2.24) is 10.2 Å². The van der Waals surface area contributed by atoms with Crippen LogP contribution in [0.15, 0.2) is 24.3 Å². The van der Waals surface area contributed by atoms with E-state index in [1.165, 1.54) is 0 Å². The minimum Gasteiger partial charge on any atom is -0.392 e. The zero-order valence-corrected chi connectivity index (χ0v) is 13.3. The number of rotatable bonds is 7. The fourth-order valence-corrected chi connectivity index (χ4v) is 2.01. The fourth-order valence-electron chi connectivity index (χ4n) is 2.01. The molecule has 0 fully saturated rings. The van der Waals surface area contributed by atoms with Crippen LogP contribution in [0.1, 0.15) is 31.9 Å². The SMILES string of the molecule is COCc1ccc(CNC(=O)N(CC(C)O)C(C)C)cc1. The second-order valence-electron chi connectivity index (χ2n) is 5.50. The average molecular weight is 294 g/mol.